The normalized spacial score (nSPS) is 14.0. The summed E-state index contributed by atoms with van der Waals surface area (Å²) in [5.74, 6) is 0.672. The number of pyridine rings is 1. The summed E-state index contributed by atoms with van der Waals surface area (Å²) in [7, 11) is 0. The Morgan fingerprint density at radius 2 is 1.67 bits per heavy atom. The van der Waals surface area contributed by atoms with Crippen LogP contribution in [0.15, 0.2) is 72.9 Å². The fourth-order valence-electron chi connectivity index (χ4n) is 5.31. The van der Waals surface area contributed by atoms with E-state index in [2.05, 4.69) is 36.9 Å². The number of rotatable bonds is 6. The Morgan fingerprint density at radius 1 is 0.939 bits per heavy atom. The van der Waals surface area contributed by atoms with Gasteiger partial charge >= 0.3 is 18.1 Å². The minimum atomic E-state index is -5.36. The van der Waals surface area contributed by atoms with Gasteiger partial charge in [0, 0.05) is 29.6 Å². The smallest absolute Gasteiger partial charge is 0.385 e. The molecule has 0 bridgehead atoms. The molecule has 1 saturated heterocycles. The number of ether oxygens (including phenoxy) is 2. The zero-order chi connectivity index (χ0) is 34.7. The maximum atomic E-state index is 13.1. The van der Waals surface area contributed by atoms with Gasteiger partial charge in [-0.3, -0.25) is 4.79 Å². The van der Waals surface area contributed by atoms with E-state index in [0.29, 0.717) is 54.6 Å². The molecule has 2 aromatic carbocycles. The van der Waals surface area contributed by atoms with E-state index in [-0.39, 0.29) is 5.56 Å². The van der Waals surface area contributed by atoms with E-state index < -0.39 is 36.0 Å². The molecular formula is C35H29F3N6O5. The van der Waals surface area contributed by atoms with E-state index in [1.165, 1.54) is 26.0 Å². The number of imidazole rings is 1. The number of aromatic nitrogens is 4. The van der Waals surface area contributed by atoms with Crippen molar-refractivity contribution in [3.63, 3.8) is 0 Å². The van der Waals surface area contributed by atoms with E-state index in [9.17, 15) is 27.6 Å². The highest BCUT2D eigenvalue weighted by atomic mass is 19.4. The van der Waals surface area contributed by atoms with Crippen LogP contribution in [-0.4, -0.2) is 75.9 Å². The summed E-state index contributed by atoms with van der Waals surface area (Å²) in [5, 5.41) is 7.93. The molecule has 49 heavy (non-hydrogen) atoms. The second-order valence-corrected chi connectivity index (χ2v) is 11.5. The lowest BCUT2D eigenvalue weighted by Crippen LogP contribution is -2.47. The van der Waals surface area contributed by atoms with Gasteiger partial charge in [-0.2, -0.15) is 18.3 Å². The van der Waals surface area contributed by atoms with Crippen molar-refractivity contribution in [2.24, 2.45) is 5.92 Å². The Morgan fingerprint density at radius 3 is 2.39 bits per heavy atom. The first-order valence-electron chi connectivity index (χ1n) is 15.3. The number of morpholine rings is 1. The van der Waals surface area contributed by atoms with Gasteiger partial charge in [-0.1, -0.05) is 50.2 Å². The number of hydrogen-bond donors (Lipinski definition) is 1. The number of carbonyl (C=O) groups is 3. The van der Waals surface area contributed by atoms with Crippen LogP contribution >= 0.6 is 0 Å². The number of anilines is 1. The van der Waals surface area contributed by atoms with Crippen molar-refractivity contribution < 1.29 is 37.0 Å². The number of amides is 1. The van der Waals surface area contributed by atoms with Gasteiger partial charge in [0.05, 0.1) is 30.6 Å². The molecule has 5 aromatic rings. The first-order valence-corrected chi connectivity index (χ1v) is 15.3. The highest BCUT2D eigenvalue weighted by Crippen LogP contribution is 2.30. The Labute approximate surface area is 278 Å². The summed E-state index contributed by atoms with van der Waals surface area (Å²) < 4.78 is 49.1. The molecular weight excluding hydrogens is 641 g/mol. The molecule has 1 aliphatic rings. The van der Waals surface area contributed by atoms with Crippen LogP contribution in [0.2, 0.25) is 0 Å². The summed E-state index contributed by atoms with van der Waals surface area (Å²) in [6.07, 6.45) is -3.69. The Balaban J connectivity index is 1.34. The molecule has 6 rings (SSSR count). The van der Waals surface area contributed by atoms with Gasteiger partial charge in [-0.15, -0.1) is 0 Å². The van der Waals surface area contributed by atoms with E-state index >= 15 is 0 Å². The number of nitrogens with one attached hydrogen (secondary N) is 1. The minimum Gasteiger partial charge on any atom is -0.385 e. The summed E-state index contributed by atoms with van der Waals surface area (Å²) in [6, 6.07) is 18.1. The Bertz CT molecular complexity index is 2110. The molecule has 0 spiro atoms. The van der Waals surface area contributed by atoms with Gasteiger partial charge in [-0.05, 0) is 48.1 Å². The third-order valence-corrected chi connectivity index (χ3v) is 7.81. The lowest BCUT2D eigenvalue weighted by atomic mass is 10.0. The van der Waals surface area contributed by atoms with Crippen LogP contribution in [0.25, 0.3) is 27.8 Å². The molecule has 1 amide bonds. The maximum absolute atomic E-state index is 13.1. The molecule has 3 aromatic heterocycles. The highest BCUT2D eigenvalue weighted by Gasteiger charge is 2.44. The third-order valence-electron chi connectivity index (χ3n) is 7.81. The van der Waals surface area contributed by atoms with Crippen molar-refractivity contribution in [1.29, 1.82) is 0 Å². The average molecular weight is 671 g/mol. The molecule has 0 saturated carbocycles. The second kappa shape index (κ2) is 13.7. The molecule has 1 aliphatic heterocycles. The molecule has 0 radical (unpaired) electrons. The fraction of sp³-hybridized carbons (Fsp3) is 0.257. The van der Waals surface area contributed by atoms with Gasteiger partial charge < -0.3 is 19.7 Å². The van der Waals surface area contributed by atoms with Crippen molar-refractivity contribution in [2.45, 2.75) is 26.1 Å². The summed E-state index contributed by atoms with van der Waals surface area (Å²) in [4.78, 5) is 48.3. The number of carbonyl (C=O) groups excluding carboxylic acids is 3. The number of alkyl halides is 3. The van der Waals surface area contributed by atoms with Crippen LogP contribution in [0, 0.1) is 17.8 Å². The molecule has 1 fully saturated rings. The highest BCUT2D eigenvalue weighted by molar-refractivity contribution is 5.99. The topological polar surface area (TPSA) is 128 Å². The number of benzene rings is 2. The van der Waals surface area contributed by atoms with Crippen LogP contribution in [0.4, 0.5) is 18.9 Å². The monoisotopic (exact) mass is 670 g/mol. The van der Waals surface area contributed by atoms with Gasteiger partial charge in [0.15, 0.2) is 5.65 Å². The minimum absolute atomic E-state index is 0.105. The van der Waals surface area contributed by atoms with Crippen molar-refractivity contribution in [3.8, 4) is 23.1 Å². The number of esters is 2. The average Bonchev–Trinajstić information content (AvgIpc) is 3.48. The van der Waals surface area contributed by atoms with Crippen molar-refractivity contribution in [2.75, 3.05) is 31.2 Å². The van der Waals surface area contributed by atoms with Crippen LogP contribution in [0.5, 0.6) is 0 Å². The molecule has 0 aliphatic carbocycles. The largest absolute Gasteiger partial charge is 0.491 e. The van der Waals surface area contributed by atoms with Crippen molar-refractivity contribution >= 4 is 40.1 Å². The van der Waals surface area contributed by atoms with E-state index in [0.717, 1.165) is 16.6 Å². The summed E-state index contributed by atoms with van der Waals surface area (Å²) >= 11 is 0. The van der Waals surface area contributed by atoms with Gasteiger partial charge in [-0.25, -0.2) is 24.1 Å². The molecule has 14 heteroatoms. The van der Waals surface area contributed by atoms with E-state index in [1.54, 1.807) is 22.8 Å². The van der Waals surface area contributed by atoms with Gasteiger partial charge in [0.25, 0.3) is 5.91 Å². The summed E-state index contributed by atoms with van der Waals surface area (Å²) in [5.41, 5.74) is 4.46. The van der Waals surface area contributed by atoms with Crippen LogP contribution in [-0.2, 0) is 19.1 Å². The SMILES string of the molecule is CC(C)[C@H](NC(=O)c1ccc(-c2c(C#Cc3ccc4ccccc4n3)nc3c(N4CCOCC4)ccnn23)cc1)C(=O)OC(=O)C(F)(F)F. The number of fused-ring (bicyclic) bond motifs is 2. The van der Waals surface area contributed by atoms with Crippen LogP contribution in [0.1, 0.15) is 35.6 Å². The fourth-order valence-corrected chi connectivity index (χ4v) is 5.31. The first-order chi connectivity index (χ1) is 23.5. The van der Waals surface area contributed by atoms with Crippen LogP contribution in [0.3, 0.4) is 0 Å². The Kier molecular flexibility index (Phi) is 9.28. The Hall–Kier alpha value is -5.81. The summed E-state index contributed by atoms with van der Waals surface area (Å²) in [6.45, 7) is 5.46. The number of hydrogen-bond acceptors (Lipinski definition) is 9. The molecule has 1 atom stereocenters. The standard InChI is InChI=1S/C35H29F3N6O5/c1-21(2)29(33(46)49-34(47)35(36,37)38)42-32(45)24-9-7-23(8-10-24)30-27(14-13-25-12-11-22-5-3-4-6-26(22)40-25)41-31-28(15-16-39-44(30)31)43-17-19-48-20-18-43/h3-12,15-16,21,29H,17-20H2,1-2H3,(H,42,45)/t29-/m0/s1. The first kappa shape index (κ1) is 33.1. The second-order valence-electron chi connectivity index (χ2n) is 11.5. The third kappa shape index (κ3) is 7.21. The number of halogens is 3. The molecule has 1 N–H and O–H groups in total. The lowest BCUT2D eigenvalue weighted by molar-refractivity contribution is -0.202. The van der Waals surface area contributed by atoms with Crippen molar-refractivity contribution in [1.82, 2.24) is 24.9 Å². The van der Waals surface area contributed by atoms with Gasteiger partial charge in [0.1, 0.15) is 23.1 Å². The van der Waals surface area contributed by atoms with E-state index in [1.807, 2.05) is 42.5 Å². The van der Waals surface area contributed by atoms with Gasteiger partial charge in [0.2, 0.25) is 0 Å². The lowest BCUT2D eigenvalue weighted by Gasteiger charge is -2.28. The number of para-hydroxylation sites is 1. The van der Waals surface area contributed by atoms with Crippen molar-refractivity contribution in [3.05, 3.63) is 89.9 Å². The predicted molar refractivity (Wildman–Crippen MR) is 172 cm³/mol. The van der Waals surface area contributed by atoms with Crippen LogP contribution < -0.4 is 10.2 Å². The quantitative estimate of drug-likeness (QED) is 0.157. The number of nitrogens with zero attached hydrogens (tertiary/aromatic N) is 5. The molecule has 11 nitrogen and oxygen atoms in total. The molecule has 250 valence electrons. The predicted octanol–water partition coefficient (Wildman–Crippen LogP) is 4.57. The zero-order valence-electron chi connectivity index (χ0n) is 26.3. The molecule has 4 heterocycles. The molecule has 0 unspecified atom stereocenters. The zero-order valence-corrected chi connectivity index (χ0v) is 26.3. The maximum Gasteiger partial charge on any atom is 0.491 e. The van der Waals surface area contributed by atoms with E-state index in [4.69, 9.17) is 9.72 Å².